The topological polar surface area (TPSA) is 136 Å². The predicted molar refractivity (Wildman–Crippen MR) is 156 cm³/mol. The summed E-state index contributed by atoms with van der Waals surface area (Å²) in [6.45, 7) is 0. The average Bonchev–Trinajstić information content (AvgIpc) is 3.02. The van der Waals surface area contributed by atoms with Gasteiger partial charge < -0.3 is 9.47 Å². The number of esters is 2. The van der Waals surface area contributed by atoms with E-state index in [2.05, 4.69) is 21.1 Å². The Labute approximate surface area is 241 Å². The number of nitrogens with one attached hydrogen (secondary N) is 2. The quantitative estimate of drug-likeness (QED) is 0.120. The molecule has 4 rings (SSSR count). The van der Waals surface area contributed by atoms with Gasteiger partial charge in [-0.15, -0.1) is 0 Å². The standard InChI is InChI=1S/C32H26N4O6/c37-29(35-33-21-25-15-7-9-17-27(25)41-31(39)23-11-3-1-4-12-23)19-20-30(38)36-34-22-26-16-8-10-18-28(26)42-32(40)24-13-5-2-6-14-24/h1-18,21-22H,19-20H2,(H,35,37)(H,36,38)/b33-21+,34-22+. The van der Waals surface area contributed by atoms with Crippen LogP contribution in [0.15, 0.2) is 119 Å². The van der Waals surface area contributed by atoms with Crippen molar-refractivity contribution in [1.29, 1.82) is 0 Å². The monoisotopic (exact) mass is 562 g/mol. The average molecular weight is 563 g/mol. The van der Waals surface area contributed by atoms with Gasteiger partial charge >= 0.3 is 11.9 Å². The summed E-state index contributed by atoms with van der Waals surface area (Å²) in [6, 6.07) is 30.6. The molecule has 4 aromatic carbocycles. The second kappa shape index (κ2) is 15.0. The first-order chi connectivity index (χ1) is 20.5. The molecule has 0 heterocycles. The maximum Gasteiger partial charge on any atom is 0.343 e. The third kappa shape index (κ3) is 8.82. The normalized spacial score (nSPS) is 10.8. The van der Waals surface area contributed by atoms with Crippen molar-refractivity contribution in [1.82, 2.24) is 10.9 Å². The van der Waals surface area contributed by atoms with E-state index in [0.29, 0.717) is 22.3 Å². The van der Waals surface area contributed by atoms with Gasteiger partial charge in [-0.3, -0.25) is 9.59 Å². The van der Waals surface area contributed by atoms with E-state index in [9.17, 15) is 19.2 Å². The van der Waals surface area contributed by atoms with Gasteiger partial charge in [-0.2, -0.15) is 10.2 Å². The molecule has 0 radical (unpaired) electrons. The van der Waals surface area contributed by atoms with Gasteiger partial charge in [-0.1, -0.05) is 60.7 Å². The molecule has 0 aliphatic heterocycles. The summed E-state index contributed by atoms with van der Waals surface area (Å²) in [4.78, 5) is 49.1. The van der Waals surface area contributed by atoms with Crippen molar-refractivity contribution in [3.05, 3.63) is 131 Å². The van der Waals surface area contributed by atoms with Crippen molar-refractivity contribution in [2.75, 3.05) is 0 Å². The molecule has 42 heavy (non-hydrogen) atoms. The van der Waals surface area contributed by atoms with Crippen LogP contribution >= 0.6 is 0 Å². The lowest BCUT2D eigenvalue weighted by Gasteiger charge is -2.07. The summed E-state index contributed by atoms with van der Waals surface area (Å²) in [5.41, 5.74) is 6.44. The first kappa shape index (κ1) is 29.1. The minimum atomic E-state index is -0.522. The zero-order valence-electron chi connectivity index (χ0n) is 22.3. The Bertz CT molecular complexity index is 1480. The summed E-state index contributed by atoms with van der Waals surface area (Å²) in [7, 11) is 0. The van der Waals surface area contributed by atoms with Crippen LogP contribution in [0.5, 0.6) is 11.5 Å². The van der Waals surface area contributed by atoms with Gasteiger partial charge in [0.05, 0.1) is 23.6 Å². The van der Waals surface area contributed by atoms with Crippen molar-refractivity contribution < 1.29 is 28.7 Å². The SMILES string of the molecule is O=C(CCC(=O)N/N=C/c1ccccc1OC(=O)c1ccccc1)N/N=C/c1ccccc1OC(=O)c1ccccc1. The fraction of sp³-hybridized carbons (Fsp3) is 0.0625. The number of rotatable bonds is 11. The zero-order valence-corrected chi connectivity index (χ0v) is 22.3. The lowest BCUT2D eigenvalue weighted by Crippen LogP contribution is -2.23. The Morgan fingerprint density at radius 2 is 0.881 bits per heavy atom. The Balaban J connectivity index is 1.23. The van der Waals surface area contributed by atoms with Crippen LogP contribution < -0.4 is 20.3 Å². The second-order valence-corrected chi connectivity index (χ2v) is 8.67. The number of amides is 2. The summed E-state index contributed by atoms with van der Waals surface area (Å²) < 4.78 is 10.9. The van der Waals surface area contributed by atoms with Crippen LogP contribution in [0, 0.1) is 0 Å². The van der Waals surface area contributed by atoms with Gasteiger partial charge in [-0.25, -0.2) is 20.4 Å². The Kier molecular flexibility index (Phi) is 10.4. The first-order valence-electron chi connectivity index (χ1n) is 12.9. The number of benzene rings is 4. The van der Waals surface area contributed by atoms with Crippen LogP contribution in [0.3, 0.4) is 0 Å². The number of hydrazone groups is 2. The molecule has 4 aromatic rings. The van der Waals surface area contributed by atoms with Gasteiger partial charge in [0.2, 0.25) is 11.8 Å². The predicted octanol–water partition coefficient (Wildman–Crippen LogP) is 4.51. The second-order valence-electron chi connectivity index (χ2n) is 8.67. The molecule has 0 atom stereocenters. The van der Waals surface area contributed by atoms with E-state index in [0.717, 1.165) is 0 Å². The van der Waals surface area contributed by atoms with Crippen molar-refractivity contribution in [2.24, 2.45) is 10.2 Å². The van der Waals surface area contributed by atoms with E-state index in [1.54, 1.807) is 109 Å². The summed E-state index contributed by atoms with van der Waals surface area (Å²) in [5.74, 6) is -1.49. The number of nitrogens with zero attached hydrogens (tertiary/aromatic N) is 2. The van der Waals surface area contributed by atoms with E-state index in [-0.39, 0.29) is 24.3 Å². The van der Waals surface area contributed by atoms with Gasteiger partial charge in [0.25, 0.3) is 0 Å². The first-order valence-corrected chi connectivity index (χ1v) is 12.9. The molecule has 0 unspecified atom stereocenters. The van der Waals surface area contributed by atoms with Crippen LogP contribution in [0.1, 0.15) is 44.7 Å². The van der Waals surface area contributed by atoms with Crippen molar-refractivity contribution >= 4 is 36.2 Å². The van der Waals surface area contributed by atoms with Crippen LogP contribution in [0.2, 0.25) is 0 Å². The summed E-state index contributed by atoms with van der Waals surface area (Å²) >= 11 is 0. The van der Waals surface area contributed by atoms with Crippen LogP contribution in [-0.2, 0) is 9.59 Å². The van der Waals surface area contributed by atoms with E-state index < -0.39 is 23.8 Å². The molecule has 0 spiro atoms. The summed E-state index contributed by atoms with van der Waals surface area (Å²) in [6.07, 6.45) is 2.40. The molecular weight excluding hydrogens is 536 g/mol. The van der Waals surface area contributed by atoms with Gasteiger partial charge in [0.1, 0.15) is 11.5 Å². The Morgan fingerprint density at radius 3 is 1.29 bits per heavy atom. The van der Waals surface area contributed by atoms with E-state index in [1.807, 2.05) is 0 Å². The zero-order chi connectivity index (χ0) is 29.6. The molecule has 10 nitrogen and oxygen atoms in total. The molecule has 0 saturated heterocycles. The number of hydrogen-bond donors (Lipinski definition) is 2. The number of carbonyl (C=O) groups is 4. The van der Waals surface area contributed by atoms with Crippen LogP contribution in [-0.4, -0.2) is 36.2 Å². The molecule has 0 aliphatic rings. The van der Waals surface area contributed by atoms with Gasteiger partial charge in [0, 0.05) is 24.0 Å². The van der Waals surface area contributed by atoms with Crippen molar-refractivity contribution in [2.45, 2.75) is 12.8 Å². The Morgan fingerprint density at radius 1 is 0.524 bits per heavy atom. The molecule has 10 heteroatoms. The highest BCUT2D eigenvalue weighted by Crippen LogP contribution is 2.19. The van der Waals surface area contributed by atoms with Crippen molar-refractivity contribution in [3.8, 4) is 11.5 Å². The molecule has 210 valence electrons. The highest BCUT2D eigenvalue weighted by molar-refractivity contribution is 5.94. The smallest absolute Gasteiger partial charge is 0.343 e. The number of para-hydroxylation sites is 2. The highest BCUT2D eigenvalue weighted by Gasteiger charge is 2.12. The largest absolute Gasteiger partial charge is 0.422 e. The molecule has 0 aromatic heterocycles. The lowest BCUT2D eigenvalue weighted by atomic mass is 10.2. The number of ether oxygens (including phenoxy) is 2. The lowest BCUT2D eigenvalue weighted by molar-refractivity contribution is -0.126. The fourth-order valence-electron chi connectivity index (χ4n) is 3.51. The van der Waals surface area contributed by atoms with E-state index in [4.69, 9.17) is 9.47 Å². The van der Waals surface area contributed by atoms with Crippen LogP contribution in [0.4, 0.5) is 0 Å². The molecule has 0 saturated carbocycles. The van der Waals surface area contributed by atoms with E-state index >= 15 is 0 Å². The van der Waals surface area contributed by atoms with Gasteiger partial charge in [0.15, 0.2) is 0 Å². The maximum atomic E-state index is 12.4. The third-order valence-electron chi connectivity index (χ3n) is 5.63. The molecule has 0 bridgehead atoms. The van der Waals surface area contributed by atoms with Crippen LogP contribution in [0.25, 0.3) is 0 Å². The molecule has 0 aliphatic carbocycles. The fourth-order valence-corrected chi connectivity index (χ4v) is 3.51. The summed E-state index contributed by atoms with van der Waals surface area (Å²) in [5, 5.41) is 7.80. The molecular formula is C32H26N4O6. The minimum absolute atomic E-state index is 0.144. The van der Waals surface area contributed by atoms with Gasteiger partial charge in [-0.05, 0) is 48.5 Å². The van der Waals surface area contributed by atoms with E-state index in [1.165, 1.54) is 12.4 Å². The third-order valence-corrected chi connectivity index (χ3v) is 5.63. The molecule has 2 amide bonds. The maximum absolute atomic E-state index is 12.4. The van der Waals surface area contributed by atoms with Crippen molar-refractivity contribution in [3.63, 3.8) is 0 Å². The molecule has 0 fully saturated rings. The minimum Gasteiger partial charge on any atom is -0.422 e. The molecule has 2 N–H and O–H groups in total. The number of hydrogen-bond acceptors (Lipinski definition) is 8. The number of carbonyl (C=O) groups excluding carboxylic acids is 4. The Hall–Kier alpha value is -5.90. The highest BCUT2D eigenvalue weighted by atomic mass is 16.5.